The van der Waals surface area contributed by atoms with E-state index in [1.54, 1.807) is 0 Å². The molecule has 0 spiro atoms. The van der Waals surface area contributed by atoms with E-state index in [4.69, 9.17) is 9.84 Å². The highest BCUT2D eigenvalue weighted by atomic mass is 16.6. The fraction of sp³-hybridized carbons (Fsp3) is 0.714. The molecule has 14 heavy (non-hydrogen) atoms. The third-order valence-corrected chi connectivity index (χ3v) is 2.22. The van der Waals surface area contributed by atoms with Crippen LogP contribution in [0.4, 0.5) is 0 Å². The molecule has 0 radical (unpaired) electrons. The van der Waals surface area contributed by atoms with Crippen LogP contribution < -0.4 is 0 Å². The van der Waals surface area contributed by atoms with Crippen molar-refractivity contribution in [2.75, 3.05) is 6.61 Å². The van der Waals surface area contributed by atoms with E-state index in [2.05, 4.69) is 10.3 Å². The lowest BCUT2D eigenvalue weighted by Gasteiger charge is -2.13. The first-order valence-electron chi connectivity index (χ1n) is 4.22. The Bertz CT molecular complexity index is 291. The minimum absolute atomic E-state index is 0.344. The summed E-state index contributed by atoms with van der Waals surface area (Å²) in [6.45, 7) is -0.344. The fourth-order valence-corrected chi connectivity index (χ4v) is 1.45. The summed E-state index contributed by atoms with van der Waals surface area (Å²) in [4.78, 5) is 0. The lowest BCUT2D eigenvalue weighted by Crippen LogP contribution is -2.33. The van der Waals surface area contributed by atoms with Gasteiger partial charge in [-0.05, 0) is 0 Å². The molecule has 2 unspecified atom stereocenters. The Morgan fingerprint density at radius 3 is 2.64 bits per heavy atom. The van der Waals surface area contributed by atoms with Gasteiger partial charge in [0, 0.05) is 6.20 Å². The van der Waals surface area contributed by atoms with Crippen molar-refractivity contribution in [3.05, 3.63) is 12.4 Å². The molecular formula is C7H11N3O4. The molecule has 78 valence electrons. The van der Waals surface area contributed by atoms with Crippen molar-refractivity contribution in [2.24, 2.45) is 0 Å². The van der Waals surface area contributed by atoms with Crippen molar-refractivity contribution in [3.63, 3.8) is 0 Å². The average Bonchev–Trinajstić information content (AvgIpc) is 2.78. The molecule has 0 aromatic carbocycles. The zero-order valence-corrected chi connectivity index (χ0v) is 7.26. The van der Waals surface area contributed by atoms with Crippen LogP contribution in [0.1, 0.15) is 6.23 Å². The van der Waals surface area contributed by atoms with E-state index >= 15 is 0 Å². The smallest absolute Gasteiger partial charge is 0.180 e. The first-order chi connectivity index (χ1) is 6.74. The second-order valence-corrected chi connectivity index (χ2v) is 3.11. The molecule has 1 aromatic rings. The molecule has 1 aliphatic rings. The molecule has 0 amide bonds. The van der Waals surface area contributed by atoms with Gasteiger partial charge in [0.15, 0.2) is 6.23 Å². The first-order valence-corrected chi connectivity index (χ1v) is 4.22. The summed E-state index contributed by atoms with van der Waals surface area (Å²) in [6.07, 6.45) is -0.818. The third-order valence-electron chi connectivity index (χ3n) is 2.22. The van der Waals surface area contributed by atoms with Crippen LogP contribution in [0.5, 0.6) is 0 Å². The summed E-state index contributed by atoms with van der Waals surface area (Å²) in [5.41, 5.74) is 0. The largest absolute Gasteiger partial charge is 0.394 e. The zero-order chi connectivity index (χ0) is 10.1. The van der Waals surface area contributed by atoms with Gasteiger partial charge in [0.2, 0.25) is 0 Å². The molecule has 1 fully saturated rings. The maximum absolute atomic E-state index is 9.56. The average molecular weight is 201 g/mol. The molecule has 1 aromatic heterocycles. The lowest BCUT2D eigenvalue weighted by atomic mass is 10.1. The summed E-state index contributed by atoms with van der Waals surface area (Å²) >= 11 is 0. The van der Waals surface area contributed by atoms with Crippen LogP contribution in [0.25, 0.3) is 0 Å². The summed E-state index contributed by atoms with van der Waals surface area (Å²) < 4.78 is 6.49. The number of hydrogen-bond acceptors (Lipinski definition) is 6. The summed E-state index contributed by atoms with van der Waals surface area (Å²) in [7, 11) is 0. The van der Waals surface area contributed by atoms with Gasteiger partial charge in [-0.15, -0.1) is 5.10 Å². The predicted octanol–water partition coefficient (Wildman–Crippen LogP) is -2.11. The van der Waals surface area contributed by atoms with Gasteiger partial charge in [0.25, 0.3) is 0 Å². The number of rotatable bonds is 2. The molecule has 1 saturated heterocycles. The highest BCUT2D eigenvalue weighted by molar-refractivity contribution is 4.88. The van der Waals surface area contributed by atoms with E-state index in [0.717, 1.165) is 0 Å². The first kappa shape index (κ1) is 9.53. The van der Waals surface area contributed by atoms with Crippen LogP contribution in [0, 0.1) is 0 Å². The fourth-order valence-electron chi connectivity index (χ4n) is 1.45. The van der Waals surface area contributed by atoms with Gasteiger partial charge in [-0.2, -0.15) is 0 Å². The number of aromatic nitrogens is 3. The van der Waals surface area contributed by atoms with Gasteiger partial charge in [-0.3, -0.25) is 0 Å². The van der Waals surface area contributed by atoms with E-state index < -0.39 is 24.5 Å². The number of aliphatic hydroxyl groups is 3. The molecular weight excluding hydrogens is 190 g/mol. The maximum Gasteiger partial charge on any atom is 0.180 e. The molecule has 2 heterocycles. The summed E-state index contributed by atoms with van der Waals surface area (Å²) in [6, 6.07) is 0. The van der Waals surface area contributed by atoms with E-state index in [9.17, 15) is 10.2 Å². The van der Waals surface area contributed by atoms with Crippen LogP contribution >= 0.6 is 0 Å². The van der Waals surface area contributed by atoms with Gasteiger partial charge >= 0.3 is 0 Å². The Kier molecular flexibility index (Phi) is 2.46. The molecule has 7 nitrogen and oxygen atoms in total. The SMILES string of the molecule is OC[C@H]1O[C@@H](n2ccnn2)C(O)C1O. The van der Waals surface area contributed by atoms with Crippen LogP contribution in [0.3, 0.4) is 0 Å². The Balaban J connectivity index is 2.16. The van der Waals surface area contributed by atoms with Gasteiger partial charge in [-0.25, -0.2) is 4.68 Å². The molecule has 3 N–H and O–H groups in total. The van der Waals surface area contributed by atoms with Crippen molar-refractivity contribution in [3.8, 4) is 0 Å². The van der Waals surface area contributed by atoms with Crippen LogP contribution in [-0.2, 0) is 4.74 Å². The maximum atomic E-state index is 9.56. The van der Waals surface area contributed by atoms with E-state index in [0.29, 0.717) is 0 Å². The molecule has 1 aliphatic heterocycles. The minimum atomic E-state index is -1.10. The van der Waals surface area contributed by atoms with Crippen molar-refractivity contribution in [1.82, 2.24) is 15.0 Å². The van der Waals surface area contributed by atoms with E-state index in [-0.39, 0.29) is 6.61 Å². The highest BCUT2D eigenvalue weighted by Gasteiger charge is 2.43. The van der Waals surface area contributed by atoms with Gasteiger partial charge < -0.3 is 20.1 Å². The minimum Gasteiger partial charge on any atom is -0.394 e. The van der Waals surface area contributed by atoms with Gasteiger partial charge in [0.1, 0.15) is 18.3 Å². The number of nitrogens with zero attached hydrogens (tertiary/aromatic N) is 3. The molecule has 0 aliphatic carbocycles. The summed E-state index contributed by atoms with van der Waals surface area (Å²) in [5, 5.41) is 35.0. The molecule has 0 saturated carbocycles. The molecule has 7 heteroatoms. The highest BCUT2D eigenvalue weighted by Crippen LogP contribution is 2.27. The van der Waals surface area contributed by atoms with Crippen molar-refractivity contribution in [1.29, 1.82) is 0 Å². The summed E-state index contributed by atoms with van der Waals surface area (Å²) in [5.74, 6) is 0. The predicted molar refractivity (Wildman–Crippen MR) is 43.0 cm³/mol. The van der Waals surface area contributed by atoms with Crippen molar-refractivity contribution >= 4 is 0 Å². The lowest BCUT2D eigenvalue weighted by molar-refractivity contribution is -0.0594. The zero-order valence-electron chi connectivity index (χ0n) is 7.26. The number of ether oxygens (including phenoxy) is 1. The normalized spacial score (nSPS) is 37.6. The van der Waals surface area contributed by atoms with Crippen LogP contribution in [-0.4, -0.2) is 55.2 Å². The van der Waals surface area contributed by atoms with Crippen molar-refractivity contribution in [2.45, 2.75) is 24.5 Å². The third kappa shape index (κ3) is 1.40. The monoisotopic (exact) mass is 201 g/mol. The quantitative estimate of drug-likeness (QED) is 0.506. The molecule has 4 atom stereocenters. The number of hydrogen-bond donors (Lipinski definition) is 3. The Hall–Kier alpha value is -1.02. The van der Waals surface area contributed by atoms with Crippen molar-refractivity contribution < 1.29 is 20.1 Å². The standard InChI is InChI=1S/C7H11N3O4/c11-3-4-5(12)6(13)7(14-4)10-2-1-8-9-10/h1-2,4-7,11-13H,3H2/t4-,5?,6?,7-/m1/s1. The number of aliphatic hydroxyl groups excluding tert-OH is 3. The Morgan fingerprint density at radius 1 is 1.36 bits per heavy atom. The van der Waals surface area contributed by atoms with Crippen LogP contribution in [0.2, 0.25) is 0 Å². The van der Waals surface area contributed by atoms with Gasteiger partial charge in [0.05, 0.1) is 12.8 Å². The topological polar surface area (TPSA) is 101 Å². The molecule has 0 bridgehead atoms. The van der Waals surface area contributed by atoms with Gasteiger partial charge in [-0.1, -0.05) is 5.21 Å². The Labute approximate surface area is 79.5 Å². The second-order valence-electron chi connectivity index (χ2n) is 3.11. The Morgan fingerprint density at radius 2 is 2.14 bits per heavy atom. The van der Waals surface area contributed by atoms with Crippen LogP contribution in [0.15, 0.2) is 12.4 Å². The molecule has 2 rings (SSSR count). The van der Waals surface area contributed by atoms with E-state index in [1.165, 1.54) is 17.1 Å². The second kappa shape index (κ2) is 3.62. The van der Waals surface area contributed by atoms with E-state index in [1.807, 2.05) is 0 Å².